The van der Waals surface area contributed by atoms with Gasteiger partial charge in [-0.3, -0.25) is 0 Å². The first-order valence-corrected chi connectivity index (χ1v) is 7.16. The minimum Gasteiger partial charge on any atom is -0.316 e. The highest BCUT2D eigenvalue weighted by atomic mass is 79.9. The van der Waals surface area contributed by atoms with Gasteiger partial charge < -0.3 is 5.32 Å². The van der Waals surface area contributed by atoms with Crippen LogP contribution in [0.15, 0.2) is 56.7 Å². The van der Waals surface area contributed by atoms with E-state index in [2.05, 4.69) is 21.2 Å². The number of rotatable bonds is 4. The average Bonchev–Trinajstić information content (AvgIpc) is 2.33. The third-order valence-corrected chi connectivity index (χ3v) is 3.93. The van der Waals surface area contributed by atoms with Crippen molar-refractivity contribution in [1.29, 1.82) is 0 Å². The molecule has 0 bridgehead atoms. The molecule has 0 spiro atoms. The molecular formula is C14H13BrFNS. The Bertz CT molecular complexity index is 545. The Morgan fingerprint density at radius 1 is 1.22 bits per heavy atom. The fourth-order valence-electron chi connectivity index (χ4n) is 1.60. The van der Waals surface area contributed by atoms with Crippen LogP contribution in [0.5, 0.6) is 0 Å². The summed E-state index contributed by atoms with van der Waals surface area (Å²) in [4.78, 5) is 1.66. The van der Waals surface area contributed by atoms with E-state index < -0.39 is 0 Å². The number of hydrogen-bond donors (Lipinski definition) is 1. The second kappa shape index (κ2) is 6.36. The van der Waals surface area contributed by atoms with Gasteiger partial charge in [0.15, 0.2) is 0 Å². The summed E-state index contributed by atoms with van der Waals surface area (Å²) in [6, 6.07) is 13.2. The molecule has 0 atom stereocenters. The molecule has 0 heterocycles. The predicted octanol–water partition coefficient (Wildman–Crippen LogP) is 4.46. The normalized spacial score (nSPS) is 10.6. The lowest BCUT2D eigenvalue weighted by Gasteiger charge is -2.06. The number of hydrogen-bond acceptors (Lipinski definition) is 2. The summed E-state index contributed by atoms with van der Waals surface area (Å²) < 4.78 is 14.9. The van der Waals surface area contributed by atoms with Gasteiger partial charge in [-0.1, -0.05) is 39.8 Å². The lowest BCUT2D eigenvalue weighted by atomic mass is 10.2. The van der Waals surface area contributed by atoms with Crippen molar-refractivity contribution in [2.75, 3.05) is 7.05 Å². The first kappa shape index (κ1) is 13.6. The van der Waals surface area contributed by atoms with Crippen molar-refractivity contribution < 1.29 is 4.39 Å². The standard InChI is InChI=1S/C14H13BrFNS/c1-17-9-10-5-6-14(13(16)7-10)18-12-4-2-3-11(15)8-12/h2-8,17H,9H2,1H3. The summed E-state index contributed by atoms with van der Waals surface area (Å²) in [5.41, 5.74) is 0.952. The summed E-state index contributed by atoms with van der Waals surface area (Å²) in [7, 11) is 1.85. The van der Waals surface area contributed by atoms with Crippen molar-refractivity contribution >= 4 is 27.7 Å². The van der Waals surface area contributed by atoms with Gasteiger partial charge >= 0.3 is 0 Å². The molecule has 2 rings (SSSR count). The van der Waals surface area contributed by atoms with Crippen LogP contribution in [0.25, 0.3) is 0 Å². The summed E-state index contributed by atoms with van der Waals surface area (Å²) in [5.74, 6) is -0.173. The zero-order chi connectivity index (χ0) is 13.0. The van der Waals surface area contributed by atoms with Crippen molar-refractivity contribution in [2.45, 2.75) is 16.3 Å². The maximum atomic E-state index is 13.9. The summed E-state index contributed by atoms with van der Waals surface area (Å²) >= 11 is 4.84. The van der Waals surface area contributed by atoms with Crippen LogP contribution in [0.2, 0.25) is 0 Å². The molecule has 18 heavy (non-hydrogen) atoms. The molecular weight excluding hydrogens is 313 g/mol. The smallest absolute Gasteiger partial charge is 0.137 e. The maximum Gasteiger partial charge on any atom is 0.137 e. The van der Waals surface area contributed by atoms with Gasteiger partial charge in [0, 0.05) is 20.8 Å². The summed E-state index contributed by atoms with van der Waals surface area (Å²) in [6.07, 6.45) is 0. The molecule has 0 amide bonds. The Labute approximate surface area is 119 Å². The van der Waals surface area contributed by atoms with Crippen molar-refractivity contribution in [3.63, 3.8) is 0 Å². The Morgan fingerprint density at radius 3 is 2.72 bits per heavy atom. The van der Waals surface area contributed by atoms with Crippen molar-refractivity contribution in [1.82, 2.24) is 5.32 Å². The Kier molecular flexibility index (Phi) is 4.80. The van der Waals surface area contributed by atoms with E-state index in [4.69, 9.17) is 0 Å². The minimum absolute atomic E-state index is 0.173. The molecule has 4 heteroatoms. The van der Waals surface area contributed by atoms with Gasteiger partial charge in [-0.25, -0.2) is 4.39 Å². The Morgan fingerprint density at radius 2 is 2.06 bits per heavy atom. The monoisotopic (exact) mass is 325 g/mol. The molecule has 0 radical (unpaired) electrons. The molecule has 2 aromatic carbocycles. The lowest BCUT2D eigenvalue weighted by molar-refractivity contribution is 0.598. The van der Waals surface area contributed by atoms with Gasteiger partial charge in [-0.15, -0.1) is 0 Å². The van der Waals surface area contributed by atoms with Gasteiger partial charge in [-0.05, 0) is 42.9 Å². The lowest BCUT2D eigenvalue weighted by Crippen LogP contribution is -2.05. The third-order valence-electron chi connectivity index (χ3n) is 2.40. The maximum absolute atomic E-state index is 13.9. The highest BCUT2D eigenvalue weighted by Gasteiger charge is 2.05. The Hall–Kier alpha value is -0.840. The van der Waals surface area contributed by atoms with E-state index in [0.29, 0.717) is 11.4 Å². The van der Waals surface area contributed by atoms with Crippen LogP contribution in [-0.2, 0) is 6.54 Å². The molecule has 94 valence electrons. The SMILES string of the molecule is CNCc1ccc(Sc2cccc(Br)c2)c(F)c1. The summed E-state index contributed by atoms with van der Waals surface area (Å²) in [6.45, 7) is 0.679. The van der Waals surface area contributed by atoms with E-state index in [9.17, 15) is 4.39 Å². The van der Waals surface area contributed by atoms with E-state index in [1.807, 2.05) is 43.4 Å². The van der Waals surface area contributed by atoms with E-state index in [1.54, 1.807) is 6.07 Å². The van der Waals surface area contributed by atoms with Gasteiger partial charge in [0.2, 0.25) is 0 Å². The predicted molar refractivity (Wildman–Crippen MR) is 77.4 cm³/mol. The van der Waals surface area contributed by atoms with Crippen LogP contribution in [-0.4, -0.2) is 7.05 Å². The molecule has 0 saturated carbocycles. The molecule has 1 N–H and O–H groups in total. The van der Waals surface area contributed by atoms with Crippen LogP contribution < -0.4 is 5.32 Å². The molecule has 0 saturated heterocycles. The van der Waals surface area contributed by atoms with Crippen LogP contribution in [0.3, 0.4) is 0 Å². The molecule has 2 aromatic rings. The molecule has 0 aliphatic carbocycles. The molecule has 0 aliphatic heterocycles. The van der Waals surface area contributed by atoms with E-state index in [1.165, 1.54) is 11.8 Å². The largest absolute Gasteiger partial charge is 0.316 e. The molecule has 0 unspecified atom stereocenters. The van der Waals surface area contributed by atoms with E-state index >= 15 is 0 Å². The first-order valence-electron chi connectivity index (χ1n) is 5.55. The number of halogens is 2. The zero-order valence-corrected chi connectivity index (χ0v) is 12.3. The number of nitrogens with one attached hydrogen (secondary N) is 1. The second-order valence-corrected chi connectivity index (χ2v) is 5.89. The fourth-order valence-corrected chi connectivity index (χ4v) is 3.03. The van der Waals surface area contributed by atoms with E-state index in [0.717, 1.165) is 14.9 Å². The highest BCUT2D eigenvalue weighted by Crippen LogP contribution is 2.31. The summed E-state index contributed by atoms with van der Waals surface area (Å²) in [5, 5.41) is 3.01. The topological polar surface area (TPSA) is 12.0 Å². The van der Waals surface area contributed by atoms with Gasteiger partial charge in [-0.2, -0.15) is 0 Å². The zero-order valence-electron chi connectivity index (χ0n) is 9.91. The van der Waals surface area contributed by atoms with E-state index in [-0.39, 0.29) is 5.82 Å². The highest BCUT2D eigenvalue weighted by molar-refractivity contribution is 9.10. The molecule has 0 fully saturated rings. The van der Waals surface area contributed by atoms with Crippen molar-refractivity contribution in [3.05, 3.63) is 58.3 Å². The fraction of sp³-hybridized carbons (Fsp3) is 0.143. The van der Waals surface area contributed by atoms with Crippen LogP contribution >= 0.6 is 27.7 Å². The Balaban J connectivity index is 2.19. The second-order valence-electron chi connectivity index (χ2n) is 3.85. The average molecular weight is 326 g/mol. The first-order chi connectivity index (χ1) is 8.69. The minimum atomic E-state index is -0.173. The van der Waals surface area contributed by atoms with Crippen LogP contribution in [0.1, 0.15) is 5.56 Å². The quantitative estimate of drug-likeness (QED) is 0.890. The molecule has 1 nitrogen and oxygen atoms in total. The third kappa shape index (κ3) is 3.57. The number of benzene rings is 2. The van der Waals surface area contributed by atoms with Gasteiger partial charge in [0.05, 0.1) is 0 Å². The molecule has 0 aliphatic rings. The van der Waals surface area contributed by atoms with Crippen molar-refractivity contribution in [3.8, 4) is 0 Å². The van der Waals surface area contributed by atoms with Gasteiger partial charge in [0.1, 0.15) is 5.82 Å². The van der Waals surface area contributed by atoms with Crippen LogP contribution in [0.4, 0.5) is 4.39 Å². The van der Waals surface area contributed by atoms with Gasteiger partial charge in [0.25, 0.3) is 0 Å². The van der Waals surface area contributed by atoms with Crippen molar-refractivity contribution in [2.24, 2.45) is 0 Å². The van der Waals surface area contributed by atoms with Crippen LogP contribution in [0, 0.1) is 5.82 Å². The molecule has 0 aromatic heterocycles.